The smallest absolute Gasteiger partial charge is 0.298 e. The molecule has 4 aromatic rings. The maximum absolute atomic E-state index is 15.5. The van der Waals surface area contributed by atoms with Gasteiger partial charge in [-0.3, -0.25) is 14.3 Å². The highest BCUT2D eigenvalue weighted by Crippen LogP contribution is 2.37. The van der Waals surface area contributed by atoms with E-state index in [2.05, 4.69) is 19.9 Å². The van der Waals surface area contributed by atoms with E-state index in [-0.39, 0.29) is 34.0 Å². The van der Waals surface area contributed by atoms with Gasteiger partial charge in [0.15, 0.2) is 0 Å². The predicted octanol–water partition coefficient (Wildman–Crippen LogP) is 3.60. The number of aromatic nitrogens is 3. The van der Waals surface area contributed by atoms with E-state index < -0.39 is 38.6 Å². The molecule has 1 aliphatic carbocycles. The first-order chi connectivity index (χ1) is 18.0. The van der Waals surface area contributed by atoms with Crippen molar-refractivity contribution in [2.45, 2.75) is 18.9 Å². The van der Waals surface area contributed by atoms with Gasteiger partial charge in [0.2, 0.25) is 5.82 Å². The van der Waals surface area contributed by atoms with Crippen LogP contribution in [0.4, 0.5) is 25.8 Å². The fraction of sp³-hybridized carbons (Fsp3) is 0.208. The number of nitrogens with zero attached hydrogens (tertiary/aromatic N) is 3. The lowest BCUT2D eigenvalue weighted by Crippen LogP contribution is -2.30. The number of hydrogen-bond donors (Lipinski definition) is 3. The van der Waals surface area contributed by atoms with E-state index in [1.807, 2.05) is 22.6 Å². The standard InChI is InChI=1S/C24H21F2IN6O4S/c1-28-38(36,37)31-14-5-3-4-12(10-14)20-22-18(23(34)33(30-20)15-7-8-15)21(19(26)24(35)32(22)2)29-17-9-6-13(27)11-16(17)25/h3-6,9-11,15,28-29,31H,7-8H2,1-2H3. The Hall–Kier alpha value is -3.37. The second kappa shape index (κ2) is 9.74. The van der Waals surface area contributed by atoms with Crippen molar-refractivity contribution in [2.24, 2.45) is 7.05 Å². The minimum atomic E-state index is -3.83. The summed E-state index contributed by atoms with van der Waals surface area (Å²) in [5.41, 5.74) is -1.53. The number of halogens is 3. The molecule has 0 radical (unpaired) electrons. The zero-order valence-corrected chi connectivity index (χ0v) is 23.0. The molecule has 1 aliphatic rings. The van der Waals surface area contributed by atoms with Crippen LogP contribution < -0.4 is 25.9 Å². The Labute approximate surface area is 229 Å². The van der Waals surface area contributed by atoms with Crippen LogP contribution in [-0.2, 0) is 17.3 Å². The summed E-state index contributed by atoms with van der Waals surface area (Å²) in [5, 5.41) is 6.97. The summed E-state index contributed by atoms with van der Waals surface area (Å²) in [7, 11) is -1.27. The van der Waals surface area contributed by atoms with Gasteiger partial charge in [-0.1, -0.05) is 12.1 Å². The van der Waals surface area contributed by atoms with Crippen molar-refractivity contribution in [1.29, 1.82) is 0 Å². The summed E-state index contributed by atoms with van der Waals surface area (Å²) in [4.78, 5) is 26.6. The molecular weight excluding hydrogens is 633 g/mol. The van der Waals surface area contributed by atoms with Crippen LogP contribution in [0, 0.1) is 15.2 Å². The largest absolute Gasteiger partial charge is 0.350 e. The van der Waals surface area contributed by atoms with E-state index in [1.54, 1.807) is 18.2 Å². The molecule has 0 saturated heterocycles. The van der Waals surface area contributed by atoms with E-state index in [0.29, 0.717) is 22.0 Å². The van der Waals surface area contributed by atoms with E-state index >= 15 is 4.39 Å². The molecule has 3 N–H and O–H groups in total. The number of aryl methyl sites for hydroxylation is 1. The van der Waals surface area contributed by atoms with Crippen molar-refractivity contribution < 1.29 is 17.2 Å². The zero-order chi connectivity index (χ0) is 27.4. The molecule has 0 bridgehead atoms. The Bertz CT molecular complexity index is 1840. The number of rotatable bonds is 7. The third-order valence-electron chi connectivity index (χ3n) is 6.13. The van der Waals surface area contributed by atoms with Crippen molar-refractivity contribution in [3.8, 4) is 11.3 Å². The highest BCUT2D eigenvalue weighted by atomic mass is 127. The van der Waals surface area contributed by atoms with Crippen LogP contribution in [0.1, 0.15) is 18.9 Å². The summed E-state index contributed by atoms with van der Waals surface area (Å²) in [5.74, 6) is -1.93. The molecule has 1 saturated carbocycles. The summed E-state index contributed by atoms with van der Waals surface area (Å²) in [6.45, 7) is 0. The second-order valence-electron chi connectivity index (χ2n) is 8.75. The SMILES string of the molecule is CNS(=O)(=O)Nc1cccc(-c2nn(C3CC3)c(=O)c3c(Nc4ccc(I)cc4F)c(F)c(=O)n(C)c23)c1. The van der Waals surface area contributed by atoms with Crippen molar-refractivity contribution in [3.63, 3.8) is 0 Å². The van der Waals surface area contributed by atoms with E-state index in [0.717, 1.165) is 4.57 Å². The van der Waals surface area contributed by atoms with Gasteiger partial charge in [0.1, 0.15) is 11.5 Å². The molecule has 10 nitrogen and oxygen atoms in total. The molecule has 2 heterocycles. The zero-order valence-electron chi connectivity index (χ0n) is 20.0. The first-order valence-corrected chi connectivity index (χ1v) is 14.0. The number of pyridine rings is 1. The van der Waals surface area contributed by atoms with Gasteiger partial charge in [0, 0.05) is 23.2 Å². The minimum absolute atomic E-state index is 0.0142. The van der Waals surface area contributed by atoms with Crippen LogP contribution in [0.5, 0.6) is 0 Å². The molecule has 2 aromatic carbocycles. The van der Waals surface area contributed by atoms with Crippen LogP contribution >= 0.6 is 22.6 Å². The topological polar surface area (TPSA) is 127 Å². The molecular formula is C24H21F2IN6O4S. The molecule has 0 atom stereocenters. The lowest BCUT2D eigenvalue weighted by atomic mass is 10.1. The Kier molecular flexibility index (Phi) is 6.73. The maximum atomic E-state index is 15.5. The van der Waals surface area contributed by atoms with Gasteiger partial charge in [0.05, 0.1) is 34.0 Å². The van der Waals surface area contributed by atoms with Gasteiger partial charge in [-0.25, -0.2) is 13.8 Å². The van der Waals surface area contributed by atoms with Crippen molar-refractivity contribution >= 4 is 60.8 Å². The Morgan fingerprint density at radius 3 is 2.47 bits per heavy atom. The number of hydrogen-bond acceptors (Lipinski definition) is 6. The van der Waals surface area contributed by atoms with E-state index in [9.17, 15) is 22.4 Å². The quantitative estimate of drug-likeness (QED) is 0.262. The van der Waals surface area contributed by atoms with Crippen LogP contribution in [0.25, 0.3) is 22.2 Å². The average molecular weight is 654 g/mol. The first kappa shape index (κ1) is 26.2. The van der Waals surface area contributed by atoms with Gasteiger partial charge >= 0.3 is 0 Å². The Morgan fingerprint density at radius 1 is 1.08 bits per heavy atom. The number of anilines is 3. The van der Waals surface area contributed by atoms with Crippen molar-refractivity contribution in [2.75, 3.05) is 17.1 Å². The normalized spacial score (nSPS) is 13.6. The van der Waals surface area contributed by atoms with Gasteiger partial charge in [-0.05, 0) is 65.8 Å². The van der Waals surface area contributed by atoms with Gasteiger partial charge in [-0.2, -0.15) is 17.9 Å². The third-order valence-corrected chi connectivity index (χ3v) is 7.84. The highest BCUT2D eigenvalue weighted by molar-refractivity contribution is 14.1. The fourth-order valence-corrected chi connectivity index (χ4v) is 5.08. The first-order valence-electron chi connectivity index (χ1n) is 11.4. The van der Waals surface area contributed by atoms with Crippen LogP contribution in [0.15, 0.2) is 52.1 Å². The number of fused-ring (bicyclic) bond motifs is 1. The molecule has 5 rings (SSSR count). The van der Waals surface area contributed by atoms with Crippen LogP contribution in [-0.4, -0.2) is 29.8 Å². The summed E-state index contributed by atoms with van der Waals surface area (Å²) in [6.07, 6.45) is 1.37. The van der Waals surface area contributed by atoms with Crippen LogP contribution in [0.2, 0.25) is 0 Å². The molecule has 1 fully saturated rings. The van der Waals surface area contributed by atoms with Crippen LogP contribution in [0.3, 0.4) is 0 Å². The minimum Gasteiger partial charge on any atom is -0.350 e. The van der Waals surface area contributed by atoms with Crippen molar-refractivity contribution in [1.82, 2.24) is 19.1 Å². The maximum Gasteiger partial charge on any atom is 0.298 e. The Balaban J connectivity index is 1.82. The van der Waals surface area contributed by atoms with Gasteiger partial charge < -0.3 is 9.88 Å². The monoisotopic (exact) mass is 654 g/mol. The lowest BCUT2D eigenvalue weighted by Gasteiger charge is -2.18. The number of benzene rings is 2. The molecule has 0 unspecified atom stereocenters. The molecule has 2 aromatic heterocycles. The summed E-state index contributed by atoms with van der Waals surface area (Å²) >= 11 is 1.93. The lowest BCUT2D eigenvalue weighted by molar-refractivity contribution is 0.590. The fourth-order valence-electron chi connectivity index (χ4n) is 4.09. The molecule has 0 amide bonds. The van der Waals surface area contributed by atoms with Gasteiger partial charge in [-0.15, -0.1) is 0 Å². The van der Waals surface area contributed by atoms with Gasteiger partial charge in [0.25, 0.3) is 21.3 Å². The molecule has 198 valence electrons. The molecule has 0 aliphatic heterocycles. The summed E-state index contributed by atoms with van der Waals surface area (Å²) in [6, 6.07) is 10.2. The molecule has 14 heteroatoms. The van der Waals surface area contributed by atoms with E-state index in [4.69, 9.17) is 0 Å². The van der Waals surface area contributed by atoms with Crippen molar-refractivity contribution in [3.05, 3.63) is 78.4 Å². The summed E-state index contributed by atoms with van der Waals surface area (Å²) < 4.78 is 61.5. The second-order valence-corrected chi connectivity index (χ2v) is 11.6. The Morgan fingerprint density at radius 2 is 1.82 bits per heavy atom. The predicted molar refractivity (Wildman–Crippen MR) is 149 cm³/mol. The van der Waals surface area contributed by atoms with E-state index in [1.165, 1.54) is 43.0 Å². The number of nitrogens with one attached hydrogen (secondary N) is 3. The average Bonchev–Trinajstić information content (AvgIpc) is 3.72. The molecule has 0 spiro atoms. The third kappa shape index (κ3) is 4.78. The molecule has 38 heavy (non-hydrogen) atoms. The highest BCUT2D eigenvalue weighted by Gasteiger charge is 2.31.